The fourth-order valence-electron chi connectivity index (χ4n) is 1.97. The molecule has 1 unspecified atom stereocenters. The molecule has 1 fully saturated rings. The van der Waals surface area contributed by atoms with Crippen LogP contribution in [0.25, 0.3) is 0 Å². The summed E-state index contributed by atoms with van der Waals surface area (Å²) in [5.74, 6) is 0. The molecular weight excluding hydrogens is 214 g/mol. The van der Waals surface area contributed by atoms with Crippen molar-refractivity contribution in [1.82, 2.24) is 15.6 Å². The first-order valence-corrected chi connectivity index (χ1v) is 6.37. The van der Waals surface area contributed by atoms with E-state index in [1.54, 1.807) is 0 Å². The average molecular weight is 235 g/mol. The van der Waals surface area contributed by atoms with Crippen molar-refractivity contribution >= 4 is 0 Å². The molecule has 94 valence electrons. The summed E-state index contributed by atoms with van der Waals surface area (Å²) in [5, 5.41) is 6.90. The van der Waals surface area contributed by atoms with Gasteiger partial charge in [-0.2, -0.15) is 0 Å². The minimum atomic E-state index is 0.520. The Bertz CT molecular complexity index is 299. The summed E-state index contributed by atoms with van der Waals surface area (Å²) in [5.41, 5.74) is 1.15. The molecule has 2 N–H and O–H groups in total. The van der Waals surface area contributed by atoms with Crippen LogP contribution in [-0.2, 0) is 11.2 Å². The average Bonchev–Trinajstić information content (AvgIpc) is 2.41. The van der Waals surface area contributed by atoms with Crippen LogP contribution < -0.4 is 10.6 Å². The van der Waals surface area contributed by atoms with Gasteiger partial charge in [-0.05, 0) is 25.1 Å². The highest BCUT2D eigenvalue weighted by Gasteiger charge is 2.11. The Hall–Kier alpha value is -0.970. The zero-order chi connectivity index (χ0) is 11.8. The van der Waals surface area contributed by atoms with E-state index >= 15 is 0 Å². The molecule has 0 aromatic carbocycles. The molecule has 0 aliphatic carbocycles. The molecule has 17 heavy (non-hydrogen) atoms. The number of pyridine rings is 1. The summed E-state index contributed by atoms with van der Waals surface area (Å²) in [7, 11) is 0. The number of hydrogen-bond donors (Lipinski definition) is 2. The number of nitrogens with one attached hydrogen (secondary N) is 2. The minimum absolute atomic E-state index is 0.520. The lowest BCUT2D eigenvalue weighted by molar-refractivity contribution is 0.0743. The normalized spacial score (nSPS) is 20.4. The van der Waals surface area contributed by atoms with Crippen molar-refractivity contribution in [3.63, 3.8) is 0 Å². The first kappa shape index (κ1) is 12.5. The van der Waals surface area contributed by atoms with Crippen LogP contribution in [0.2, 0.25) is 0 Å². The first-order chi connectivity index (χ1) is 8.45. The van der Waals surface area contributed by atoms with Crippen molar-refractivity contribution in [2.75, 3.05) is 32.8 Å². The van der Waals surface area contributed by atoms with Gasteiger partial charge in [0.2, 0.25) is 0 Å². The first-order valence-electron chi connectivity index (χ1n) is 6.37. The molecular formula is C13H21N3O. The molecule has 1 aliphatic rings. The Morgan fingerprint density at radius 1 is 1.41 bits per heavy atom. The summed E-state index contributed by atoms with van der Waals surface area (Å²) in [4.78, 5) is 4.29. The highest BCUT2D eigenvalue weighted by Crippen LogP contribution is 1.97. The third kappa shape index (κ3) is 4.81. The number of ether oxygens (including phenoxy) is 1. The van der Waals surface area contributed by atoms with E-state index in [1.807, 2.05) is 18.3 Å². The van der Waals surface area contributed by atoms with Gasteiger partial charge in [-0.25, -0.2) is 0 Å². The van der Waals surface area contributed by atoms with E-state index in [2.05, 4.69) is 21.7 Å². The smallest absolute Gasteiger partial charge is 0.0620 e. The third-order valence-corrected chi connectivity index (χ3v) is 2.95. The monoisotopic (exact) mass is 235 g/mol. The second-order valence-corrected chi connectivity index (χ2v) is 4.34. The molecule has 0 spiro atoms. The van der Waals surface area contributed by atoms with Gasteiger partial charge in [0.25, 0.3) is 0 Å². The van der Waals surface area contributed by atoms with Gasteiger partial charge in [0.15, 0.2) is 0 Å². The van der Waals surface area contributed by atoms with Gasteiger partial charge in [-0.1, -0.05) is 6.07 Å². The zero-order valence-electron chi connectivity index (χ0n) is 10.2. The molecule has 4 nitrogen and oxygen atoms in total. The summed E-state index contributed by atoms with van der Waals surface area (Å²) >= 11 is 0. The molecule has 0 radical (unpaired) electrons. The van der Waals surface area contributed by atoms with E-state index < -0.39 is 0 Å². The zero-order valence-corrected chi connectivity index (χ0v) is 10.2. The largest absolute Gasteiger partial charge is 0.379 e. The Morgan fingerprint density at radius 2 is 2.41 bits per heavy atom. The molecule has 1 aromatic rings. The molecule has 0 bridgehead atoms. The maximum absolute atomic E-state index is 5.41. The lowest BCUT2D eigenvalue weighted by Gasteiger charge is -2.23. The fraction of sp³-hybridized carbons (Fsp3) is 0.615. The second-order valence-electron chi connectivity index (χ2n) is 4.34. The summed E-state index contributed by atoms with van der Waals surface area (Å²) in [6, 6.07) is 6.57. The maximum Gasteiger partial charge on any atom is 0.0620 e. The molecule has 1 atom stereocenters. The van der Waals surface area contributed by atoms with E-state index in [9.17, 15) is 0 Å². The van der Waals surface area contributed by atoms with Crippen molar-refractivity contribution in [2.45, 2.75) is 18.9 Å². The lowest BCUT2D eigenvalue weighted by atomic mass is 10.2. The summed E-state index contributed by atoms with van der Waals surface area (Å²) in [6.45, 7) is 4.71. The van der Waals surface area contributed by atoms with Crippen LogP contribution in [0, 0.1) is 0 Å². The SMILES string of the molecule is c1ccc(CCNCCC2COCCN2)nc1. The quantitative estimate of drug-likeness (QED) is 0.709. The summed E-state index contributed by atoms with van der Waals surface area (Å²) < 4.78 is 5.41. The van der Waals surface area contributed by atoms with Gasteiger partial charge >= 0.3 is 0 Å². The van der Waals surface area contributed by atoms with Crippen LogP contribution in [0.4, 0.5) is 0 Å². The molecule has 0 amide bonds. The van der Waals surface area contributed by atoms with Crippen LogP contribution in [-0.4, -0.2) is 43.9 Å². The van der Waals surface area contributed by atoms with Crippen LogP contribution in [0.5, 0.6) is 0 Å². The van der Waals surface area contributed by atoms with Crippen molar-refractivity contribution in [3.8, 4) is 0 Å². The van der Waals surface area contributed by atoms with Gasteiger partial charge in [0.05, 0.1) is 13.2 Å². The molecule has 2 rings (SSSR count). The van der Waals surface area contributed by atoms with Crippen LogP contribution in [0.1, 0.15) is 12.1 Å². The van der Waals surface area contributed by atoms with Crippen LogP contribution in [0.15, 0.2) is 24.4 Å². The molecule has 1 aromatic heterocycles. The topological polar surface area (TPSA) is 46.2 Å². The standard InChI is InChI=1S/C13H21N3O/c1-2-6-15-12(3-1)4-7-14-8-5-13-11-17-10-9-16-13/h1-3,6,13-14,16H,4-5,7-11H2. The van der Waals surface area contributed by atoms with Gasteiger partial charge in [0, 0.05) is 37.4 Å². The Morgan fingerprint density at radius 3 is 3.18 bits per heavy atom. The number of rotatable bonds is 6. The van der Waals surface area contributed by atoms with Gasteiger partial charge in [0.1, 0.15) is 0 Å². The second kappa shape index (κ2) is 7.37. The predicted octanol–water partition coefficient (Wildman–Crippen LogP) is 0.592. The third-order valence-electron chi connectivity index (χ3n) is 2.95. The van der Waals surface area contributed by atoms with Crippen molar-refractivity contribution in [3.05, 3.63) is 30.1 Å². The van der Waals surface area contributed by atoms with Crippen molar-refractivity contribution in [2.24, 2.45) is 0 Å². The van der Waals surface area contributed by atoms with E-state index in [-0.39, 0.29) is 0 Å². The highest BCUT2D eigenvalue weighted by molar-refractivity contribution is 5.03. The Labute approximate surface area is 103 Å². The fourth-order valence-corrected chi connectivity index (χ4v) is 1.97. The van der Waals surface area contributed by atoms with Gasteiger partial charge in [-0.3, -0.25) is 4.98 Å². The molecule has 1 saturated heterocycles. The molecule has 4 heteroatoms. The Balaban J connectivity index is 1.51. The predicted molar refractivity (Wildman–Crippen MR) is 68.0 cm³/mol. The number of aromatic nitrogens is 1. The summed E-state index contributed by atoms with van der Waals surface area (Å²) in [6.07, 6.45) is 3.97. The van der Waals surface area contributed by atoms with E-state index in [1.165, 1.54) is 0 Å². The lowest BCUT2D eigenvalue weighted by Crippen LogP contribution is -2.42. The Kier molecular flexibility index (Phi) is 5.42. The number of hydrogen-bond acceptors (Lipinski definition) is 4. The van der Waals surface area contributed by atoms with Gasteiger partial charge in [-0.15, -0.1) is 0 Å². The molecule has 1 aliphatic heterocycles. The van der Waals surface area contributed by atoms with Gasteiger partial charge < -0.3 is 15.4 Å². The van der Waals surface area contributed by atoms with Crippen molar-refractivity contribution < 1.29 is 4.74 Å². The number of morpholine rings is 1. The van der Waals surface area contributed by atoms with Crippen LogP contribution >= 0.6 is 0 Å². The van der Waals surface area contributed by atoms with Crippen LogP contribution in [0.3, 0.4) is 0 Å². The number of nitrogens with zero attached hydrogens (tertiary/aromatic N) is 1. The highest BCUT2D eigenvalue weighted by atomic mass is 16.5. The van der Waals surface area contributed by atoms with Crippen molar-refractivity contribution in [1.29, 1.82) is 0 Å². The van der Waals surface area contributed by atoms with E-state index in [0.29, 0.717) is 6.04 Å². The molecule has 0 saturated carbocycles. The maximum atomic E-state index is 5.41. The molecule has 2 heterocycles. The van der Waals surface area contributed by atoms with E-state index in [0.717, 1.165) is 51.4 Å². The minimum Gasteiger partial charge on any atom is -0.379 e. The van der Waals surface area contributed by atoms with E-state index in [4.69, 9.17) is 4.74 Å².